The first-order valence-corrected chi connectivity index (χ1v) is 7.24. The van der Waals surface area contributed by atoms with Crippen molar-refractivity contribution in [3.05, 3.63) is 24.3 Å². The predicted molar refractivity (Wildman–Crippen MR) is 80.0 cm³/mol. The first kappa shape index (κ1) is 13.0. The molecule has 5 heteroatoms. The van der Waals surface area contributed by atoms with Crippen molar-refractivity contribution in [3.8, 4) is 11.5 Å². The molecule has 0 bridgehead atoms. The Morgan fingerprint density at radius 1 is 1.10 bits per heavy atom. The van der Waals surface area contributed by atoms with Gasteiger partial charge in [-0.2, -0.15) is 4.98 Å². The lowest BCUT2D eigenvalue weighted by Gasteiger charge is -2.16. The summed E-state index contributed by atoms with van der Waals surface area (Å²) in [6, 6.07) is 7.96. The number of benzene rings is 1. The van der Waals surface area contributed by atoms with Gasteiger partial charge in [-0.25, -0.2) is 0 Å². The monoisotopic (exact) mass is 272 g/mol. The van der Waals surface area contributed by atoms with E-state index in [9.17, 15) is 0 Å². The standard InChI is InChI=1S/C15H20N4O/c1-16-13-9-5-4-8-12(13)14-17-15(18-20-14)19-10-6-2-3-7-11-19/h4-5,8-9,16H,2-3,6-7,10-11H2,1H3. The predicted octanol–water partition coefficient (Wildman–Crippen LogP) is 3.16. The summed E-state index contributed by atoms with van der Waals surface area (Å²) in [5, 5.41) is 7.30. The fraction of sp³-hybridized carbons (Fsp3) is 0.467. The lowest BCUT2D eigenvalue weighted by molar-refractivity contribution is 0.429. The summed E-state index contributed by atoms with van der Waals surface area (Å²) >= 11 is 0. The highest BCUT2D eigenvalue weighted by atomic mass is 16.5. The van der Waals surface area contributed by atoms with Crippen LogP contribution >= 0.6 is 0 Å². The molecule has 5 nitrogen and oxygen atoms in total. The molecule has 0 radical (unpaired) electrons. The molecule has 0 aliphatic carbocycles. The minimum Gasteiger partial charge on any atom is -0.387 e. The molecule has 0 amide bonds. The van der Waals surface area contributed by atoms with Gasteiger partial charge in [0.2, 0.25) is 0 Å². The maximum Gasteiger partial charge on any atom is 0.266 e. The van der Waals surface area contributed by atoms with Gasteiger partial charge in [0.05, 0.1) is 5.56 Å². The second-order valence-corrected chi connectivity index (χ2v) is 5.10. The second kappa shape index (κ2) is 5.94. The van der Waals surface area contributed by atoms with Crippen LogP contribution in [0.4, 0.5) is 11.6 Å². The lowest BCUT2D eigenvalue weighted by atomic mass is 10.2. The van der Waals surface area contributed by atoms with Crippen LogP contribution in [0, 0.1) is 0 Å². The summed E-state index contributed by atoms with van der Waals surface area (Å²) in [4.78, 5) is 6.79. The highest BCUT2D eigenvalue weighted by molar-refractivity contribution is 5.72. The van der Waals surface area contributed by atoms with E-state index in [0.717, 1.165) is 24.3 Å². The van der Waals surface area contributed by atoms with E-state index in [2.05, 4.69) is 20.4 Å². The molecule has 1 saturated heterocycles. The van der Waals surface area contributed by atoms with Gasteiger partial charge in [0, 0.05) is 25.8 Å². The van der Waals surface area contributed by atoms with E-state index in [1.54, 1.807) is 0 Å². The average molecular weight is 272 g/mol. The smallest absolute Gasteiger partial charge is 0.266 e. The normalized spacial score (nSPS) is 15.9. The Balaban J connectivity index is 1.85. The molecule has 2 heterocycles. The lowest BCUT2D eigenvalue weighted by Crippen LogP contribution is -2.24. The molecule has 0 unspecified atom stereocenters. The summed E-state index contributed by atoms with van der Waals surface area (Å²) < 4.78 is 5.44. The van der Waals surface area contributed by atoms with E-state index in [0.29, 0.717) is 11.8 Å². The Morgan fingerprint density at radius 2 is 1.85 bits per heavy atom. The Morgan fingerprint density at radius 3 is 2.60 bits per heavy atom. The van der Waals surface area contributed by atoms with Gasteiger partial charge in [0.1, 0.15) is 0 Å². The van der Waals surface area contributed by atoms with Gasteiger partial charge in [0.25, 0.3) is 11.8 Å². The molecule has 1 N–H and O–H groups in total. The highest BCUT2D eigenvalue weighted by Crippen LogP contribution is 2.27. The minimum absolute atomic E-state index is 0.578. The molecule has 1 fully saturated rings. The second-order valence-electron chi connectivity index (χ2n) is 5.10. The van der Waals surface area contributed by atoms with Crippen LogP contribution in [0.3, 0.4) is 0 Å². The van der Waals surface area contributed by atoms with Crippen molar-refractivity contribution in [2.45, 2.75) is 25.7 Å². The third kappa shape index (κ3) is 2.61. The summed E-state index contributed by atoms with van der Waals surface area (Å²) in [6.45, 7) is 2.04. The van der Waals surface area contributed by atoms with Gasteiger partial charge in [-0.1, -0.05) is 25.0 Å². The molecule has 2 aromatic rings. The van der Waals surface area contributed by atoms with E-state index < -0.39 is 0 Å². The third-order valence-corrected chi connectivity index (χ3v) is 3.73. The SMILES string of the molecule is CNc1ccccc1-c1nc(N2CCCCCC2)no1. The van der Waals surface area contributed by atoms with Crippen molar-refractivity contribution in [2.75, 3.05) is 30.4 Å². The van der Waals surface area contributed by atoms with Crippen molar-refractivity contribution < 1.29 is 4.52 Å². The molecular weight excluding hydrogens is 252 g/mol. The topological polar surface area (TPSA) is 54.2 Å². The maximum atomic E-state index is 5.44. The van der Waals surface area contributed by atoms with Crippen molar-refractivity contribution >= 4 is 11.6 Å². The van der Waals surface area contributed by atoms with Crippen LogP contribution in [0.2, 0.25) is 0 Å². The minimum atomic E-state index is 0.578. The van der Waals surface area contributed by atoms with Crippen molar-refractivity contribution in [1.29, 1.82) is 0 Å². The van der Waals surface area contributed by atoms with Crippen LogP contribution in [0.25, 0.3) is 11.5 Å². The zero-order valence-electron chi connectivity index (χ0n) is 11.8. The van der Waals surface area contributed by atoms with Crippen LogP contribution in [0.1, 0.15) is 25.7 Å². The zero-order chi connectivity index (χ0) is 13.8. The van der Waals surface area contributed by atoms with E-state index in [4.69, 9.17) is 4.52 Å². The number of rotatable bonds is 3. The Kier molecular flexibility index (Phi) is 3.85. The molecule has 106 valence electrons. The maximum absolute atomic E-state index is 5.44. The van der Waals surface area contributed by atoms with Gasteiger partial charge in [-0.3, -0.25) is 0 Å². The first-order valence-electron chi connectivity index (χ1n) is 7.24. The molecule has 3 rings (SSSR count). The summed E-state index contributed by atoms with van der Waals surface area (Å²) in [5.41, 5.74) is 1.95. The number of hydrogen-bond donors (Lipinski definition) is 1. The summed E-state index contributed by atoms with van der Waals surface area (Å²) in [7, 11) is 1.89. The zero-order valence-corrected chi connectivity index (χ0v) is 11.8. The fourth-order valence-electron chi connectivity index (χ4n) is 2.61. The van der Waals surface area contributed by atoms with Crippen LogP contribution in [0.5, 0.6) is 0 Å². The van der Waals surface area contributed by atoms with Crippen molar-refractivity contribution in [2.24, 2.45) is 0 Å². The Hall–Kier alpha value is -2.04. The Labute approximate surface area is 119 Å². The van der Waals surface area contributed by atoms with Crippen molar-refractivity contribution in [3.63, 3.8) is 0 Å². The van der Waals surface area contributed by atoms with Crippen LogP contribution in [0.15, 0.2) is 28.8 Å². The fourth-order valence-corrected chi connectivity index (χ4v) is 2.61. The van der Waals surface area contributed by atoms with Crippen LogP contribution < -0.4 is 10.2 Å². The Bertz CT molecular complexity index is 559. The van der Waals surface area contributed by atoms with Crippen LogP contribution in [-0.4, -0.2) is 30.3 Å². The van der Waals surface area contributed by atoms with E-state index >= 15 is 0 Å². The number of nitrogens with zero attached hydrogens (tertiary/aromatic N) is 3. The van der Waals surface area contributed by atoms with Crippen LogP contribution in [-0.2, 0) is 0 Å². The number of hydrogen-bond acceptors (Lipinski definition) is 5. The van der Waals surface area contributed by atoms with Gasteiger partial charge in [0.15, 0.2) is 0 Å². The summed E-state index contributed by atoms with van der Waals surface area (Å²) in [6.07, 6.45) is 5.00. The number of anilines is 2. The molecule has 1 aromatic heterocycles. The molecule has 1 aliphatic heterocycles. The quantitative estimate of drug-likeness (QED) is 0.930. The van der Waals surface area contributed by atoms with E-state index in [1.165, 1.54) is 25.7 Å². The molecule has 0 saturated carbocycles. The first-order chi connectivity index (χ1) is 9.88. The summed E-state index contributed by atoms with van der Waals surface area (Å²) in [5.74, 6) is 1.29. The molecule has 1 aromatic carbocycles. The third-order valence-electron chi connectivity index (χ3n) is 3.73. The average Bonchev–Trinajstić information content (AvgIpc) is 2.82. The van der Waals surface area contributed by atoms with E-state index in [1.807, 2.05) is 31.3 Å². The van der Waals surface area contributed by atoms with Gasteiger partial charge in [-0.05, 0) is 30.1 Å². The van der Waals surface area contributed by atoms with Gasteiger partial charge in [-0.15, -0.1) is 0 Å². The number of aromatic nitrogens is 2. The van der Waals surface area contributed by atoms with E-state index in [-0.39, 0.29) is 0 Å². The molecule has 0 spiro atoms. The van der Waals surface area contributed by atoms with Gasteiger partial charge < -0.3 is 14.7 Å². The number of para-hydroxylation sites is 1. The molecular formula is C15H20N4O. The molecule has 1 aliphatic rings. The van der Waals surface area contributed by atoms with Crippen molar-refractivity contribution in [1.82, 2.24) is 10.1 Å². The highest BCUT2D eigenvalue weighted by Gasteiger charge is 2.17. The largest absolute Gasteiger partial charge is 0.387 e. The number of nitrogens with one attached hydrogen (secondary N) is 1. The molecule has 0 atom stereocenters. The molecule has 20 heavy (non-hydrogen) atoms. The van der Waals surface area contributed by atoms with Gasteiger partial charge >= 0.3 is 0 Å².